The van der Waals surface area contributed by atoms with Gasteiger partial charge in [-0.15, -0.1) is 0 Å². The first-order valence-electron chi connectivity index (χ1n) is 4.77. The van der Waals surface area contributed by atoms with Crippen molar-refractivity contribution in [3.8, 4) is 5.75 Å². The Hall–Kier alpha value is -1.29. The minimum atomic E-state index is 0.256. The lowest BCUT2D eigenvalue weighted by atomic mass is 10.4. The third-order valence-electron chi connectivity index (χ3n) is 2.15. The van der Waals surface area contributed by atoms with Crippen molar-refractivity contribution in [3.63, 3.8) is 0 Å². The molecule has 4 nitrogen and oxygen atoms in total. The quantitative estimate of drug-likeness (QED) is 0.569. The van der Waals surface area contributed by atoms with Crippen LogP contribution in [0.3, 0.4) is 0 Å². The van der Waals surface area contributed by atoms with Crippen LogP contribution < -0.4 is 10.5 Å². The Morgan fingerprint density at radius 1 is 1.50 bits per heavy atom. The summed E-state index contributed by atoms with van der Waals surface area (Å²) in [6.45, 7) is 1.05. The molecule has 2 rings (SSSR count). The van der Waals surface area contributed by atoms with E-state index < -0.39 is 0 Å². The number of nitrogens with two attached hydrogens (primary N) is 1. The van der Waals surface area contributed by atoms with Crippen molar-refractivity contribution in [2.24, 2.45) is 5.92 Å². The Kier molecular flexibility index (Phi) is 2.84. The van der Waals surface area contributed by atoms with Gasteiger partial charge in [0.15, 0.2) is 18.4 Å². The molecule has 1 aromatic rings. The van der Waals surface area contributed by atoms with Crippen LogP contribution >= 0.6 is 0 Å². The fourth-order valence-corrected chi connectivity index (χ4v) is 1.13. The summed E-state index contributed by atoms with van der Waals surface area (Å²) in [6.07, 6.45) is 4.21. The van der Waals surface area contributed by atoms with Crippen molar-refractivity contribution in [3.05, 3.63) is 18.3 Å². The van der Waals surface area contributed by atoms with Crippen LogP contribution in [0.1, 0.15) is 12.8 Å². The topological polar surface area (TPSA) is 57.4 Å². The number of anilines is 1. The van der Waals surface area contributed by atoms with E-state index in [1.807, 2.05) is 0 Å². The first kappa shape index (κ1) is 9.27. The molecule has 0 spiro atoms. The maximum Gasteiger partial charge on any atom is 0.189 e. The molecule has 1 fully saturated rings. The van der Waals surface area contributed by atoms with Crippen molar-refractivity contribution in [2.45, 2.75) is 12.8 Å². The van der Waals surface area contributed by atoms with Crippen LogP contribution in [-0.4, -0.2) is 18.4 Å². The summed E-state index contributed by atoms with van der Waals surface area (Å²) in [5.41, 5.74) is 5.58. The summed E-state index contributed by atoms with van der Waals surface area (Å²) in [7, 11) is 0. The molecule has 0 aromatic carbocycles. The fraction of sp³-hybridized carbons (Fsp3) is 0.500. The van der Waals surface area contributed by atoms with Gasteiger partial charge < -0.3 is 15.2 Å². The molecule has 0 saturated heterocycles. The Labute approximate surface area is 83.0 Å². The predicted octanol–water partition coefficient (Wildman–Crippen LogP) is 1.43. The van der Waals surface area contributed by atoms with Gasteiger partial charge in [-0.3, -0.25) is 0 Å². The van der Waals surface area contributed by atoms with Gasteiger partial charge in [-0.2, -0.15) is 0 Å². The maximum absolute atomic E-state index is 5.58. The van der Waals surface area contributed by atoms with E-state index >= 15 is 0 Å². The highest BCUT2D eigenvalue weighted by Crippen LogP contribution is 2.28. The lowest BCUT2D eigenvalue weighted by Gasteiger charge is -2.07. The zero-order valence-electron chi connectivity index (χ0n) is 7.98. The Balaban J connectivity index is 1.71. The van der Waals surface area contributed by atoms with E-state index in [9.17, 15) is 0 Å². The van der Waals surface area contributed by atoms with Crippen LogP contribution in [0.2, 0.25) is 0 Å². The molecule has 0 aliphatic heterocycles. The fourth-order valence-electron chi connectivity index (χ4n) is 1.13. The van der Waals surface area contributed by atoms with Crippen LogP contribution in [0.5, 0.6) is 5.75 Å². The second-order valence-corrected chi connectivity index (χ2v) is 3.46. The van der Waals surface area contributed by atoms with E-state index in [1.54, 1.807) is 18.3 Å². The van der Waals surface area contributed by atoms with E-state index in [1.165, 1.54) is 12.8 Å². The van der Waals surface area contributed by atoms with Crippen LogP contribution in [0.4, 0.5) is 5.82 Å². The molecule has 1 aromatic heterocycles. The minimum Gasteiger partial charge on any atom is -0.464 e. The third-order valence-corrected chi connectivity index (χ3v) is 2.15. The lowest BCUT2D eigenvalue weighted by Crippen LogP contribution is -2.06. The monoisotopic (exact) mass is 194 g/mol. The van der Waals surface area contributed by atoms with Crippen molar-refractivity contribution in [1.29, 1.82) is 0 Å². The first-order valence-corrected chi connectivity index (χ1v) is 4.77. The van der Waals surface area contributed by atoms with E-state index in [0.29, 0.717) is 11.6 Å². The molecule has 4 heteroatoms. The summed E-state index contributed by atoms with van der Waals surface area (Å²) >= 11 is 0. The van der Waals surface area contributed by atoms with Gasteiger partial charge in [0.2, 0.25) is 0 Å². The largest absolute Gasteiger partial charge is 0.464 e. The molecule has 0 bridgehead atoms. The van der Waals surface area contributed by atoms with Gasteiger partial charge >= 0.3 is 0 Å². The molecule has 1 saturated carbocycles. The number of rotatable bonds is 5. The van der Waals surface area contributed by atoms with Crippen molar-refractivity contribution < 1.29 is 9.47 Å². The van der Waals surface area contributed by atoms with E-state index in [-0.39, 0.29) is 6.79 Å². The summed E-state index contributed by atoms with van der Waals surface area (Å²) in [5.74, 6) is 1.75. The molecule has 2 N–H and O–H groups in total. The molecule has 0 unspecified atom stereocenters. The normalized spacial score (nSPS) is 15.4. The van der Waals surface area contributed by atoms with Gasteiger partial charge in [0, 0.05) is 6.20 Å². The number of aromatic nitrogens is 1. The average Bonchev–Trinajstić information content (AvgIpc) is 2.99. The lowest BCUT2D eigenvalue weighted by molar-refractivity contribution is 0.0102. The standard InChI is InChI=1S/C10H14N2O2/c11-10-9(2-1-5-12-10)14-7-13-6-8-3-4-8/h1-2,5,8H,3-4,6-7H2,(H2,11,12). The number of hydrogen-bond acceptors (Lipinski definition) is 4. The van der Waals surface area contributed by atoms with Crippen LogP contribution in [0, 0.1) is 5.92 Å². The molecule has 0 amide bonds. The van der Waals surface area contributed by atoms with Crippen molar-refractivity contribution in [1.82, 2.24) is 4.98 Å². The molecule has 14 heavy (non-hydrogen) atoms. The summed E-state index contributed by atoms with van der Waals surface area (Å²) in [5, 5.41) is 0. The third kappa shape index (κ3) is 2.60. The summed E-state index contributed by atoms with van der Waals surface area (Å²) in [4.78, 5) is 3.90. The summed E-state index contributed by atoms with van der Waals surface area (Å²) in [6, 6.07) is 3.56. The van der Waals surface area contributed by atoms with E-state index in [0.717, 1.165) is 12.5 Å². The zero-order valence-corrected chi connectivity index (χ0v) is 7.98. The molecular formula is C10H14N2O2. The Morgan fingerprint density at radius 2 is 2.36 bits per heavy atom. The molecule has 0 atom stereocenters. The van der Waals surface area contributed by atoms with E-state index in [2.05, 4.69) is 4.98 Å². The van der Waals surface area contributed by atoms with E-state index in [4.69, 9.17) is 15.2 Å². The highest BCUT2D eigenvalue weighted by atomic mass is 16.7. The van der Waals surface area contributed by atoms with Gasteiger partial charge in [0.1, 0.15) is 0 Å². The minimum absolute atomic E-state index is 0.256. The number of nitrogen functional groups attached to an aromatic ring is 1. The Morgan fingerprint density at radius 3 is 3.07 bits per heavy atom. The average molecular weight is 194 g/mol. The second kappa shape index (κ2) is 4.28. The Bertz CT molecular complexity index is 300. The molecule has 1 heterocycles. The molecule has 76 valence electrons. The molecule has 0 radical (unpaired) electrons. The van der Waals surface area contributed by atoms with Crippen molar-refractivity contribution in [2.75, 3.05) is 19.1 Å². The molecule has 1 aliphatic carbocycles. The van der Waals surface area contributed by atoms with Gasteiger partial charge in [-0.25, -0.2) is 4.98 Å². The van der Waals surface area contributed by atoms with Crippen LogP contribution in [0.25, 0.3) is 0 Å². The van der Waals surface area contributed by atoms with Gasteiger partial charge in [-0.1, -0.05) is 0 Å². The predicted molar refractivity (Wildman–Crippen MR) is 52.8 cm³/mol. The van der Waals surface area contributed by atoms with Gasteiger partial charge in [0.05, 0.1) is 6.61 Å². The van der Waals surface area contributed by atoms with Gasteiger partial charge in [0.25, 0.3) is 0 Å². The highest BCUT2D eigenvalue weighted by molar-refractivity contribution is 5.44. The first-order chi connectivity index (χ1) is 6.86. The number of ether oxygens (including phenoxy) is 2. The van der Waals surface area contributed by atoms with Crippen molar-refractivity contribution >= 4 is 5.82 Å². The number of nitrogens with zero attached hydrogens (tertiary/aromatic N) is 1. The van der Waals surface area contributed by atoms with Gasteiger partial charge in [-0.05, 0) is 30.9 Å². The number of hydrogen-bond donors (Lipinski definition) is 1. The maximum atomic E-state index is 5.58. The number of pyridine rings is 1. The van der Waals surface area contributed by atoms with Crippen LogP contribution in [-0.2, 0) is 4.74 Å². The highest BCUT2D eigenvalue weighted by Gasteiger charge is 2.21. The molecular weight excluding hydrogens is 180 g/mol. The smallest absolute Gasteiger partial charge is 0.189 e. The summed E-state index contributed by atoms with van der Waals surface area (Å²) < 4.78 is 10.6. The zero-order chi connectivity index (χ0) is 9.80. The SMILES string of the molecule is Nc1ncccc1OCOCC1CC1. The second-order valence-electron chi connectivity index (χ2n) is 3.46. The molecule has 1 aliphatic rings. The van der Waals surface area contributed by atoms with Crippen LogP contribution in [0.15, 0.2) is 18.3 Å².